The van der Waals surface area contributed by atoms with Crippen molar-refractivity contribution in [2.24, 2.45) is 0 Å². The fraction of sp³-hybridized carbons (Fsp3) is 0.526. The van der Waals surface area contributed by atoms with Gasteiger partial charge in [0.25, 0.3) is 5.91 Å². The highest BCUT2D eigenvalue weighted by Crippen LogP contribution is 2.27. The molecule has 0 bridgehead atoms. The number of ether oxygens (including phenoxy) is 2. The SMILES string of the molecule is CCCCCOC(=O)CC1C(=O)NCCN1C(=O)COc1ccc(Br)cc1Cl. The number of amides is 2. The van der Waals surface area contributed by atoms with Gasteiger partial charge in [-0.15, -0.1) is 0 Å². The van der Waals surface area contributed by atoms with E-state index >= 15 is 0 Å². The lowest BCUT2D eigenvalue weighted by atomic mass is 10.1. The first-order valence-electron chi connectivity index (χ1n) is 9.23. The molecule has 2 amide bonds. The van der Waals surface area contributed by atoms with E-state index in [0.29, 0.717) is 30.5 Å². The highest BCUT2D eigenvalue weighted by Gasteiger charge is 2.35. The molecule has 0 aliphatic carbocycles. The molecule has 0 saturated carbocycles. The number of hydrogen-bond acceptors (Lipinski definition) is 5. The molecule has 0 aromatic heterocycles. The molecule has 154 valence electrons. The van der Waals surface area contributed by atoms with E-state index in [-0.39, 0.29) is 18.9 Å². The van der Waals surface area contributed by atoms with Crippen molar-refractivity contribution in [1.82, 2.24) is 10.2 Å². The van der Waals surface area contributed by atoms with Gasteiger partial charge in [0, 0.05) is 17.6 Å². The molecular weight excluding hydrogens is 452 g/mol. The van der Waals surface area contributed by atoms with Crippen LogP contribution >= 0.6 is 27.5 Å². The lowest BCUT2D eigenvalue weighted by Crippen LogP contribution is -2.58. The number of benzene rings is 1. The van der Waals surface area contributed by atoms with Crippen LogP contribution in [0.5, 0.6) is 5.75 Å². The van der Waals surface area contributed by atoms with E-state index in [1.54, 1.807) is 18.2 Å². The van der Waals surface area contributed by atoms with Gasteiger partial charge in [-0.2, -0.15) is 0 Å². The minimum atomic E-state index is -0.899. The molecule has 1 atom stereocenters. The zero-order valence-electron chi connectivity index (χ0n) is 15.7. The van der Waals surface area contributed by atoms with Gasteiger partial charge >= 0.3 is 5.97 Å². The monoisotopic (exact) mass is 474 g/mol. The molecule has 1 aliphatic rings. The van der Waals surface area contributed by atoms with E-state index in [2.05, 4.69) is 28.2 Å². The summed E-state index contributed by atoms with van der Waals surface area (Å²) in [5.41, 5.74) is 0. The van der Waals surface area contributed by atoms with Gasteiger partial charge in [0.1, 0.15) is 11.8 Å². The Labute approximate surface area is 177 Å². The highest BCUT2D eigenvalue weighted by atomic mass is 79.9. The van der Waals surface area contributed by atoms with E-state index in [9.17, 15) is 14.4 Å². The predicted molar refractivity (Wildman–Crippen MR) is 108 cm³/mol. The number of nitrogens with one attached hydrogen (secondary N) is 1. The number of esters is 1. The number of unbranched alkanes of at least 4 members (excludes halogenated alkanes) is 2. The smallest absolute Gasteiger partial charge is 0.308 e. The minimum absolute atomic E-state index is 0.178. The second-order valence-electron chi connectivity index (χ2n) is 6.39. The molecule has 1 aliphatic heterocycles. The summed E-state index contributed by atoms with van der Waals surface area (Å²) in [6.07, 6.45) is 2.59. The normalized spacial score (nSPS) is 16.5. The van der Waals surface area contributed by atoms with Gasteiger partial charge in [0.2, 0.25) is 5.91 Å². The van der Waals surface area contributed by atoms with Crippen LogP contribution in [-0.2, 0) is 19.1 Å². The second-order valence-corrected chi connectivity index (χ2v) is 7.71. The van der Waals surface area contributed by atoms with Crippen molar-refractivity contribution in [1.29, 1.82) is 0 Å². The molecule has 7 nitrogen and oxygen atoms in total. The molecule has 1 aromatic carbocycles. The number of nitrogens with zero attached hydrogens (tertiary/aromatic N) is 1. The van der Waals surface area contributed by atoms with Crippen LogP contribution in [0.25, 0.3) is 0 Å². The lowest BCUT2D eigenvalue weighted by Gasteiger charge is -2.34. The van der Waals surface area contributed by atoms with Crippen molar-refractivity contribution in [2.45, 2.75) is 38.6 Å². The van der Waals surface area contributed by atoms with Crippen LogP contribution in [0.3, 0.4) is 0 Å². The molecule has 1 N–H and O–H groups in total. The van der Waals surface area contributed by atoms with Crippen molar-refractivity contribution in [3.8, 4) is 5.75 Å². The van der Waals surface area contributed by atoms with Gasteiger partial charge in [0.05, 0.1) is 18.1 Å². The number of piperazine rings is 1. The zero-order valence-corrected chi connectivity index (χ0v) is 18.1. The molecular formula is C19H24BrClN2O5. The van der Waals surface area contributed by atoms with E-state index < -0.39 is 17.9 Å². The van der Waals surface area contributed by atoms with Crippen LogP contribution in [-0.4, -0.2) is 55.0 Å². The highest BCUT2D eigenvalue weighted by molar-refractivity contribution is 9.10. The van der Waals surface area contributed by atoms with Crippen molar-refractivity contribution in [3.63, 3.8) is 0 Å². The first-order valence-corrected chi connectivity index (χ1v) is 10.4. The van der Waals surface area contributed by atoms with Gasteiger partial charge in [-0.3, -0.25) is 14.4 Å². The van der Waals surface area contributed by atoms with E-state index in [1.165, 1.54) is 4.90 Å². The number of halogens is 2. The third-order valence-corrected chi connectivity index (χ3v) is 5.06. The number of carbonyl (C=O) groups excluding carboxylic acids is 3. The minimum Gasteiger partial charge on any atom is -0.482 e. The maximum absolute atomic E-state index is 12.6. The Morgan fingerprint density at radius 1 is 1.36 bits per heavy atom. The van der Waals surface area contributed by atoms with E-state index in [4.69, 9.17) is 21.1 Å². The number of rotatable bonds is 9. The van der Waals surface area contributed by atoms with Gasteiger partial charge in [-0.05, 0) is 24.6 Å². The summed E-state index contributed by atoms with van der Waals surface area (Å²) in [7, 11) is 0. The van der Waals surface area contributed by atoms with E-state index in [0.717, 1.165) is 23.7 Å². The Morgan fingerprint density at radius 2 is 2.14 bits per heavy atom. The van der Waals surface area contributed by atoms with Crippen LogP contribution in [0.15, 0.2) is 22.7 Å². The molecule has 1 heterocycles. The maximum atomic E-state index is 12.6. The fourth-order valence-corrected chi connectivity index (χ4v) is 3.51. The first-order chi connectivity index (χ1) is 13.4. The first kappa shape index (κ1) is 22.5. The summed E-state index contributed by atoms with van der Waals surface area (Å²) >= 11 is 9.38. The molecule has 28 heavy (non-hydrogen) atoms. The second kappa shape index (κ2) is 11.3. The predicted octanol–water partition coefficient (Wildman–Crippen LogP) is 2.93. The summed E-state index contributed by atoms with van der Waals surface area (Å²) in [4.78, 5) is 38.2. The Hall–Kier alpha value is -1.80. The van der Waals surface area contributed by atoms with Crippen LogP contribution in [0.2, 0.25) is 5.02 Å². The van der Waals surface area contributed by atoms with Gasteiger partial charge < -0.3 is 19.7 Å². The largest absolute Gasteiger partial charge is 0.482 e. The summed E-state index contributed by atoms with van der Waals surface area (Å²) < 4.78 is 11.5. The molecule has 9 heteroatoms. The van der Waals surface area contributed by atoms with Crippen molar-refractivity contribution in [3.05, 3.63) is 27.7 Å². The summed E-state index contributed by atoms with van der Waals surface area (Å²) in [6, 6.07) is 4.15. The Balaban J connectivity index is 1.93. The van der Waals surface area contributed by atoms with Crippen molar-refractivity contribution < 1.29 is 23.9 Å². The van der Waals surface area contributed by atoms with Crippen LogP contribution in [0, 0.1) is 0 Å². The van der Waals surface area contributed by atoms with Crippen LogP contribution < -0.4 is 10.1 Å². The standard InChI is InChI=1S/C19H24BrClN2O5/c1-2-3-4-9-27-18(25)11-15-19(26)22-7-8-23(15)17(24)12-28-16-6-5-13(20)10-14(16)21/h5-6,10,15H,2-4,7-9,11-12H2,1H3,(H,22,26). The Morgan fingerprint density at radius 3 is 2.86 bits per heavy atom. The Kier molecular flexibility index (Phi) is 9.05. The molecule has 2 rings (SSSR count). The molecule has 0 radical (unpaired) electrons. The van der Waals surface area contributed by atoms with E-state index in [1.807, 2.05) is 0 Å². The van der Waals surface area contributed by atoms with Crippen LogP contribution in [0.1, 0.15) is 32.6 Å². The molecule has 1 aromatic rings. The fourth-order valence-electron chi connectivity index (χ4n) is 2.79. The lowest BCUT2D eigenvalue weighted by molar-refractivity contribution is -0.152. The molecule has 1 unspecified atom stereocenters. The zero-order chi connectivity index (χ0) is 20.5. The average molecular weight is 476 g/mol. The van der Waals surface area contributed by atoms with Crippen molar-refractivity contribution in [2.75, 3.05) is 26.3 Å². The molecule has 0 spiro atoms. The Bertz CT molecular complexity index is 716. The van der Waals surface area contributed by atoms with Gasteiger partial charge in [-0.25, -0.2) is 0 Å². The molecule has 1 saturated heterocycles. The number of carbonyl (C=O) groups is 3. The van der Waals surface area contributed by atoms with Gasteiger partial charge in [0.15, 0.2) is 6.61 Å². The third kappa shape index (κ3) is 6.67. The topological polar surface area (TPSA) is 84.9 Å². The van der Waals surface area contributed by atoms with Crippen molar-refractivity contribution >= 4 is 45.3 Å². The summed E-state index contributed by atoms with van der Waals surface area (Å²) in [5.74, 6) is -0.885. The third-order valence-electron chi connectivity index (χ3n) is 4.27. The van der Waals surface area contributed by atoms with Gasteiger partial charge in [-0.1, -0.05) is 47.3 Å². The van der Waals surface area contributed by atoms with Crippen LogP contribution in [0.4, 0.5) is 0 Å². The maximum Gasteiger partial charge on any atom is 0.308 e. The quantitative estimate of drug-likeness (QED) is 0.438. The molecule has 1 fully saturated rings. The summed E-state index contributed by atoms with van der Waals surface area (Å²) in [5, 5.41) is 3.05. The summed E-state index contributed by atoms with van der Waals surface area (Å²) in [6.45, 7) is 2.72. The average Bonchev–Trinajstić information content (AvgIpc) is 2.66. The number of hydrogen-bond donors (Lipinski definition) is 1.